The molecule has 3 aromatic carbocycles. The Labute approximate surface area is 185 Å². The van der Waals surface area contributed by atoms with Crippen LogP contribution in [0.25, 0.3) is 27.6 Å². The molecule has 0 saturated heterocycles. The molecule has 1 aromatic heterocycles. The van der Waals surface area contributed by atoms with Crippen LogP contribution in [-0.2, 0) is 10.1 Å². The lowest BCUT2D eigenvalue weighted by Crippen LogP contribution is -2.02. The van der Waals surface area contributed by atoms with Crippen LogP contribution < -0.4 is 0 Å². The highest BCUT2D eigenvalue weighted by molar-refractivity contribution is 7.86. The maximum atomic E-state index is 12.4. The SMILES string of the molecule is Cc1nn(-c2ccccc2)c(O)c1-c1c([N+](=O)[O-])ccc2c3c(O)c(c(S(=O)(=O)O)c12)N=N3. The van der Waals surface area contributed by atoms with Gasteiger partial charge in [-0.1, -0.05) is 18.2 Å². The number of nitro benzene ring substituents is 1. The molecule has 166 valence electrons. The molecule has 13 heteroatoms. The first-order valence-corrected chi connectivity index (χ1v) is 10.8. The molecule has 5 rings (SSSR count). The summed E-state index contributed by atoms with van der Waals surface area (Å²) in [7, 11) is -5.05. The number of aromatic hydroxyl groups is 2. The summed E-state index contributed by atoms with van der Waals surface area (Å²) in [6, 6.07) is 10.7. The van der Waals surface area contributed by atoms with E-state index in [4.69, 9.17) is 0 Å². The van der Waals surface area contributed by atoms with Gasteiger partial charge in [0.15, 0.2) is 11.4 Å². The van der Waals surface area contributed by atoms with Crippen molar-refractivity contribution in [2.75, 3.05) is 0 Å². The Morgan fingerprint density at radius 2 is 1.67 bits per heavy atom. The minimum Gasteiger partial charge on any atom is -0.504 e. The molecule has 33 heavy (non-hydrogen) atoms. The topological polar surface area (TPSA) is 181 Å². The molecule has 0 radical (unpaired) electrons. The molecular formula is C20H13N5O7S. The van der Waals surface area contributed by atoms with E-state index in [0.29, 0.717) is 5.69 Å². The summed E-state index contributed by atoms with van der Waals surface area (Å²) in [6.45, 7) is 1.49. The fourth-order valence-electron chi connectivity index (χ4n) is 4.00. The van der Waals surface area contributed by atoms with Crippen molar-refractivity contribution in [3.63, 3.8) is 0 Å². The van der Waals surface area contributed by atoms with E-state index in [1.165, 1.54) is 13.0 Å². The van der Waals surface area contributed by atoms with Crippen molar-refractivity contribution < 1.29 is 28.1 Å². The van der Waals surface area contributed by atoms with Crippen molar-refractivity contribution in [3.8, 4) is 28.4 Å². The van der Waals surface area contributed by atoms with E-state index < -0.39 is 42.9 Å². The second-order valence-corrected chi connectivity index (χ2v) is 8.58. The summed E-state index contributed by atoms with van der Waals surface area (Å²) in [5, 5.41) is 44.7. The zero-order valence-electron chi connectivity index (χ0n) is 16.7. The summed E-state index contributed by atoms with van der Waals surface area (Å²) >= 11 is 0. The van der Waals surface area contributed by atoms with Crippen LogP contribution in [-0.4, -0.2) is 37.9 Å². The first kappa shape index (κ1) is 20.5. The van der Waals surface area contributed by atoms with E-state index in [2.05, 4.69) is 15.3 Å². The van der Waals surface area contributed by atoms with Crippen LogP contribution in [0.1, 0.15) is 5.69 Å². The lowest BCUT2D eigenvalue weighted by atomic mass is 9.95. The number of benzene rings is 3. The third-order valence-electron chi connectivity index (χ3n) is 5.32. The van der Waals surface area contributed by atoms with Crippen molar-refractivity contribution in [2.24, 2.45) is 10.2 Å². The summed E-state index contributed by atoms with van der Waals surface area (Å²) < 4.78 is 35.8. The van der Waals surface area contributed by atoms with Gasteiger partial charge < -0.3 is 10.2 Å². The molecule has 0 unspecified atom stereocenters. The molecule has 3 N–H and O–H groups in total. The molecule has 1 aliphatic heterocycles. The van der Waals surface area contributed by atoms with Gasteiger partial charge in [0, 0.05) is 16.8 Å². The Morgan fingerprint density at radius 1 is 1.00 bits per heavy atom. The van der Waals surface area contributed by atoms with Gasteiger partial charge in [0.25, 0.3) is 15.8 Å². The van der Waals surface area contributed by atoms with Gasteiger partial charge in [0.05, 0.1) is 27.4 Å². The van der Waals surface area contributed by atoms with Crippen LogP contribution >= 0.6 is 0 Å². The maximum Gasteiger partial charge on any atom is 0.297 e. The summed E-state index contributed by atoms with van der Waals surface area (Å²) in [4.78, 5) is 10.3. The van der Waals surface area contributed by atoms with Crippen LogP contribution in [0.2, 0.25) is 0 Å². The van der Waals surface area contributed by atoms with Gasteiger partial charge in [0.1, 0.15) is 10.6 Å². The molecule has 12 nitrogen and oxygen atoms in total. The molecule has 1 aliphatic rings. The highest BCUT2D eigenvalue weighted by Gasteiger charge is 2.36. The monoisotopic (exact) mass is 467 g/mol. The van der Waals surface area contributed by atoms with E-state index in [0.717, 1.165) is 10.7 Å². The third-order valence-corrected chi connectivity index (χ3v) is 6.23. The zero-order chi connectivity index (χ0) is 23.7. The summed E-state index contributed by atoms with van der Waals surface area (Å²) in [5.74, 6) is -1.07. The minimum absolute atomic E-state index is 0.0167. The molecule has 0 spiro atoms. The van der Waals surface area contributed by atoms with Crippen LogP contribution in [0.15, 0.2) is 57.6 Å². The van der Waals surface area contributed by atoms with Gasteiger partial charge in [-0.05, 0) is 25.1 Å². The number of azo groups is 1. The Balaban J connectivity index is 2.00. The minimum atomic E-state index is -5.05. The molecule has 0 saturated carbocycles. The number of hydrogen-bond acceptors (Lipinski definition) is 9. The first-order chi connectivity index (χ1) is 15.6. The van der Waals surface area contributed by atoms with E-state index in [1.54, 1.807) is 30.3 Å². The zero-order valence-corrected chi connectivity index (χ0v) is 17.5. The average Bonchev–Trinajstić information content (AvgIpc) is 3.19. The molecular weight excluding hydrogens is 454 g/mol. The van der Waals surface area contributed by atoms with E-state index in [-0.39, 0.29) is 33.3 Å². The number of nitrogens with zero attached hydrogens (tertiary/aromatic N) is 5. The van der Waals surface area contributed by atoms with Crippen molar-refractivity contribution in [2.45, 2.75) is 11.8 Å². The smallest absolute Gasteiger partial charge is 0.297 e. The van der Waals surface area contributed by atoms with Crippen LogP contribution in [0, 0.1) is 17.0 Å². The molecule has 0 fully saturated rings. The number of aryl methyl sites for hydroxylation is 1. The average molecular weight is 467 g/mol. The molecule has 0 aliphatic carbocycles. The third kappa shape index (κ3) is 2.86. The van der Waals surface area contributed by atoms with Gasteiger partial charge in [-0.25, -0.2) is 4.68 Å². The Hall–Kier alpha value is -4.36. The number of aromatic nitrogens is 2. The van der Waals surface area contributed by atoms with Crippen LogP contribution in [0.3, 0.4) is 0 Å². The fourth-order valence-corrected chi connectivity index (χ4v) is 4.85. The second-order valence-electron chi connectivity index (χ2n) is 7.22. The van der Waals surface area contributed by atoms with Crippen molar-refractivity contribution in [3.05, 3.63) is 58.3 Å². The quantitative estimate of drug-likeness (QED) is 0.199. The van der Waals surface area contributed by atoms with Crippen LogP contribution in [0.5, 0.6) is 11.6 Å². The lowest BCUT2D eigenvalue weighted by molar-refractivity contribution is -0.384. The van der Waals surface area contributed by atoms with Gasteiger partial charge in [0.2, 0.25) is 5.88 Å². The predicted octanol–water partition coefficient (Wildman–Crippen LogP) is 4.30. The highest BCUT2D eigenvalue weighted by atomic mass is 32.2. The standard InChI is InChI=1S/C20H13N5O7S/c1-9-13(20(27)24(23-9)10-5-3-2-4-6-10)15-12(25(28)29)8-7-11-14(15)19(33(30,31)32)17-18(26)16(11)21-22-17/h2-8,26-27H,1H3,(H,30,31,32). The number of fused-ring (bicyclic) bond motifs is 4. The Bertz CT molecular complexity index is 1640. The van der Waals surface area contributed by atoms with Gasteiger partial charge in [-0.2, -0.15) is 13.5 Å². The van der Waals surface area contributed by atoms with Crippen molar-refractivity contribution >= 4 is 38.0 Å². The molecule has 2 heterocycles. The first-order valence-electron chi connectivity index (χ1n) is 9.35. The van der Waals surface area contributed by atoms with E-state index in [1.807, 2.05) is 0 Å². The highest BCUT2D eigenvalue weighted by Crippen LogP contribution is 2.56. The predicted molar refractivity (Wildman–Crippen MR) is 115 cm³/mol. The number of hydrogen-bond donors (Lipinski definition) is 3. The molecule has 0 atom stereocenters. The number of nitro groups is 1. The molecule has 2 bridgehead atoms. The Kier molecular flexibility index (Phi) is 4.24. The van der Waals surface area contributed by atoms with Gasteiger partial charge in [-0.15, -0.1) is 10.2 Å². The van der Waals surface area contributed by atoms with Crippen molar-refractivity contribution in [1.82, 2.24) is 9.78 Å². The number of para-hydroxylation sites is 1. The second kappa shape index (κ2) is 6.82. The number of phenols is 1. The number of phenolic OH excluding ortho intramolecular Hbond substituents is 1. The van der Waals surface area contributed by atoms with E-state index in [9.17, 15) is 33.3 Å². The maximum absolute atomic E-state index is 12.4. The molecule has 0 amide bonds. The summed E-state index contributed by atoms with van der Waals surface area (Å²) in [5.41, 5.74) is -1.04. The lowest BCUT2D eigenvalue weighted by Gasteiger charge is -2.13. The largest absolute Gasteiger partial charge is 0.504 e. The van der Waals surface area contributed by atoms with Crippen molar-refractivity contribution in [1.29, 1.82) is 0 Å². The fraction of sp³-hybridized carbons (Fsp3) is 0.0500. The van der Waals surface area contributed by atoms with E-state index >= 15 is 0 Å². The summed E-state index contributed by atoms with van der Waals surface area (Å²) in [6.07, 6.45) is 0. The Morgan fingerprint density at radius 3 is 2.30 bits per heavy atom. The van der Waals surface area contributed by atoms with Gasteiger partial charge in [-0.3, -0.25) is 14.7 Å². The molecule has 4 aromatic rings. The number of rotatable bonds is 4. The van der Waals surface area contributed by atoms with Gasteiger partial charge >= 0.3 is 0 Å². The normalized spacial score (nSPS) is 12.5. The van der Waals surface area contributed by atoms with Crippen LogP contribution in [0.4, 0.5) is 17.1 Å².